The molecule has 0 aliphatic carbocycles. The minimum Gasteiger partial charge on any atom is -0.478 e. The fraction of sp³-hybridized carbons (Fsp3) is 0.235. The maximum atomic E-state index is 13.0. The number of fused-ring (bicyclic) bond motifs is 1. The molecule has 0 fully saturated rings. The third kappa shape index (κ3) is 2.61. The molecule has 1 atom stereocenters. The summed E-state index contributed by atoms with van der Waals surface area (Å²) in [6, 6.07) is 13.7. The molecule has 0 N–H and O–H groups in total. The molecule has 21 heavy (non-hydrogen) atoms. The van der Waals surface area contributed by atoms with Gasteiger partial charge in [-0.1, -0.05) is 31.2 Å². The zero-order valence-electron chi connectivity index (χ0n) is 11.8. The van der Waals surface area contributed by atoms with Crippen LogP contribution in [0, 0.1) is 5.82 Å². The van der Waals surface area contributed by atoms with Crippen LogP contribution in [-0.2, 0) is 11.3 Å². The highest BCUT2D eigenvalue weighted by atomic mass is 19.1. The molecular formula is C17H16FNO2. The first-order valence-electron chi connectivity index (χ1n) is 7.00. The first-order valence-corrected chi connectivity index (χ1v) is 7.00. The van der Waals surface area contributed by atoms with E-state index in [0.29, 0.717) is 18.7 Å². The molecule has 0 bridgehead atoms. The van der Waals surface area contributed by atoms with Crippen LogP contribution in [0.15, 0.2) is 48.5 Å². The van der Waals surface area contributed by atoms with E-state index in [1.54, 1.807) is 17.0 Å². The number of nitrogens with zero attached hydrogens (tertiary/aromatic N) is 1. The Hall–Kier alpha value is -2.36. The summed E-state index contributed by atoms with van der Waals surface area (Å²) >= 11 is 0. The van der Waals surface area contributed by atoms with Gasteiger partial charge in [0.2, 0.25) is 0 Å². The highest BCUT2D eigenvalue weighted by Gasteiger charge is 2.32. The summed E-state index contributed by atoms with van der Waals surface area (Å²) in [6.07, 6.45) is 0.160. The van der Waals surface area contributed by atoms with Crippen LogP contribution in [0.3, 0.4) is 0 Å². The normalized spacial score (nSPS) is 17.3. The van der Waals surface area contributed by atoms with Gasteiger partial charge in [0.15, 0.2) is 6.10 Å². The van der Waals surface area contributed by atoms with Gasteiger partial charge in [-0.2, -0.15) is 0 Å². The highest BCUT2D eigenvalue weighted by molar-refractivity contribution is 5.99. The molecule has 3 nitrogen and oxygen atoms in total. The number of para-hydroxylation sites is 2. The number of rotatable bonds is 3. The Morgan fingerprint density at radius 1 is 1.14 bits per heavy atom. The monoisotopic (exact) mass is 285 g/mol. The topological polar surface area (TPSA) is 29.5 Å². The molecule has 0 saturated heterocycles. The minimum atomic E-state index is -0.458. The third-order valence-corrected chi connectivity index (χ3v) is 3.59. The molecule has 4 heteroatoms. The Labute approximate surface area is 123 Å². The summed E-state index contributed by atoms with van der Waals surface area (Å²) < 4.78 is 18.7. The van der Waals surface area contributed by atoms with Crippen molar-refractivity contribution in [1.29, 1.82) is 0 Å². The van der Waals surface area contributed by atoms with Crippen molar-refractivity contribution in [1.82, 2.24) is 0 Å². The Balaban J connectivity index is 1.95. The van der Waals surface area contributed by atoms with Crippen LogP contribution in [0.4, 0.5) is 10.1 Å². The van der Waals surface area contributed by atoms with E-state index in [9.17, 15) is 9.18 Å². The van der Waals surface area contributed by atoms with Gasteiger partial charge in [-0.05, 0) is 36.2 Å². The predicted molar refractivity (Wildman–Crippen MR) is 78.7 cm³/mol. The van der Waals surface area contributed by atoms with E-state index in [1.807, 2.05) is 31.2 Å². The van der Waals surface area contributed by atoms with E-state index >= 15 is 0 Å². The number of ether oxygens (including phenoxy) is 1. The van der Waals surface area contributed by atoms with Gasteiger partial charge in [-0.25, -0.2) is 4.39 Å². The SMILES string of the molecule is CCC1Oc2ccccc2N(Cc2ccc(F)cc2)C1=O. The molecule has 0 aromatic heterocycles. The molecule has 108 valence electrons. The fourth-order valence-corrected chi connectivity index (χ4v) is 2.47. The van der Waals surface area contributed by atoms with Gasteiger partial charge >= 0.3 is 0 Å². The summed E-state index contributed by atoms with van der Waals surface area (Å²) in [5.74, 6) is 0.380. The van der Waals surface area contributed by atoms with Crippen LogP contribution in [-0.4, -0.2) is 12.0 Å². The zero-order chi connectivity index (χ0) is 14.8. The number of carbonyl (C=O) groups excluding carboxylic acids is 1. The molecule has 1 unspecified atom stereocenters. The lowest BCUT2D eigenvalue weighted by Gasteiger charge is -2.34. The molecule has 2 aromatic carbocycles. The van der Waals surface area contributed by atoms with Crippen molar-refractivity contribution in [2.75, 3.05) is 4.90 Å². The molecule has 2 aromatic rings. The molecule has 1 amide bonds. The lowest BCUT2D eigenvalue weighted by Crippen LogP contribution is -2.45. The van der Waals surface area contributed by atoms with E-state index in [0.717, 1.165) is 11.3 Å². The van der Waals surface area contributed by atoms with Crippen LogP contribution in [0.25, 0.3) is 0 Å². The quantitative estimate of drug-likeness (QED) is 0.863. The van der Waals surface area contributed by atoms with Crippen LogP contribution >= 0.6 is 0 Å². The second-order valence-electron chi connectivity index (χ2n) is 5.03. The minimum absolute atomic E-state index is 0.0551. The second kappa shape index (κ2) is 5.56. The van der Waals surface area contributed by atoms with Crippen molar-refractivity contribution in [2.24, 2.45) is 0 Å². The van der Waals surface area contributed by atoms with E-state index < -0.39 is 6.10 Å². The van der Waals surface area contributed by atoms with Crippen molar-refractivity contribution in [3.63, 3.8) is 0 Å². The van der Waals surface area contributed by atoms with Gasteiger partial charge in [-0.15, -0.1) is 0 Å². The first-order chi connectivity index (χ1) is 10.2. The van der Waals surface area contributed by atoms with Crippen LogP contribution < -0.4 is 9.64 Å². The van der Waals surface area contributed by atoms with Crippen molar-refractivity contribution in [2.45, 2.75) is 26.0 Å². The van der Waals surface area contributed by atoms with E-state index in [4.69, 9.17) is 4.74 Å². The average Bonchev–Trinajstić information content (AvgIpc) is 2.51. The molecule has 1 aliphatic rings. The van der Waals surface area contributed by atoms with Gasteiger partial charge in [-0.3, -0.25) is 4.79 Å². The predicted octanol–water partition coefficient (Wildman–Crippen LogP) is 3.53. The number of hydrogen-bond donors (Lipinski definition) is 0. The molecule has 3 rings (SSSR count). The fourth-order valence-electron chi connectivity index (χ4n) is 2.47. The zero-order valence-corrected chi connectivity index (χ0v) is 11.8. The standard InChI is InChI=1S/C17H16FNO2/c1-2-15-17(20)19(11-12-7-9-13(18)10-8-12)14-5-3-4-6-16(14)21-15/h3-10,15H,2,11H2,1H3. The lowest BCUT2D eigenvalue weighted by molar-refractivity contribution is -0.126. The summed E-state index contributed by atoms with van der Waals surface area (Å²) in [4.78, 5) is 14.2. The summed E-state index contributed by atoms with van der Waals surface area (Å²) in [5, 5.41) is 0. The van der Waals surface area contributed by atoms with Crippen LogP contribution in [0.5, 0.6) is 5.75 Å². The van der Waals surface area contributed by atoms with Gasteiger partial charge in [0.05, 0.1) is 12.2 Å². The van der Waals surface area contributed by atoms with Crippen LogP contribution in [0.1, 0.15) is 18.9 Å². The van der Waals surface area contributed by atoms with Crippen molar-refractivity contribution in [3.05, 3.63) is 59.9 Å². The number of halogens is 1. The van der Waals surface area contributed by atoms with Gasteiger partial charge in [0, 0.05) is 0 Å². The summed E-state index contributed by atoms with van der Waals surface area (Å²) in [6.45, 7) is 2.34. The Morgan fingerprint density at radius 3 is 2.57 bits per heavy atom. The third-order valence-electron chi connectivity index (χ3n) is 3.59. The Bertz CT molecular complexity index is 654. The maximum absolute atomic E-state index is 13.0. The smallest absolute Gasteiger partial charge is 0.268 e. The molecule has 0 spiro atoms. The molecule has 0 radical (unpaired) electrons. The van der Waals surface area contributed by atoms with Crippen molar-refractivity contribution < 1.29 is 13.9 Å². The van der Waals surface area contributed by atoms with Crippen molar-refractivity contribution in [3.8, 4) is 5.75 Å². The molecule has 0 saturated carbocycles. The van der Waals surface area contributed by atoms with Gasteiger partial charge in [0.1, 0.15) is 11.6 Å². The summed E-state index contributed by atoms with van der Waals surface area (Å²) in [7, 11) is 0. The average molecular weight is 285 g/mol. The lowest BCUT2D eigenvalue weighted by atomic mass is 10.1. The molecule has 1 heterocycles. The first kappa shape index (κ1) is 13.6. The largest absolute Gasteiger partial charge is 0.478 e. The van der Waals surface area contributed by atoms with E-state index in [-0.39, 0.29) is 11.7 Å². The van der Waals surface area contributed by atoms with E-state index in [2.05, 4.69) is 0 Å². The molecule has 1 aliphatic heterocycles. The highest BCUT2D eigenvalue weighted by Crippen LogP contribution is 2.35. The number of benzene rings is 2. The van der Waals surface area contributed by atoms with Gasteiger partial charge < -0.3 is 9.64 Å². The molecular weight excluding hydrogens is 269 g/mol. The Kier molecular flexibility index (Phi) is 3.60. The van der Waals surface area contributed by atoms with Gasteiger partial charge in [0.25, 0.3) is 5.91 Å². The van der Waals surface area contributed by atoms with Crippen LogP contribution in [0.2, 0.25) is 0 Å². The summed E-state index contributed by atoms with van der Waals surface area (Å²) in [5.41, 5.74) is 1.65. The van der Waals surface area contributed by atoms with Crippen molar-refractivity contribution >= 4 is 11.6 Å². The number of carbonyl (C=O) groups is 1. The number of amides is 1. The number of anilines is 1. The number of hydrogen-bond acceptors (Lipinski definition) is 2. The maximum Gasteiger partial charge on any atom is 0.268 e. The Morgan fingerprint density at radius 2 is 1.86 bits per heavy atom. The van der Waals surface area contributed by atoms with E-state index in [1.165, 1.54) is 12.1 Å². The second-order valence-corrected chi connectivity index (χ2v) is 5.03.